The van der Waals surface area contributed by atoms with Gasteiger partial charge in [0, 0.05) is 48.4 Å². The van der Waals surface area contributed by atoms with Gasteiger partial charge in [0.15, 0.2) is 0 Å². The summed E-state index contributed by atoms with van der Waals surface area (Å²) in [4.78, 5) is 4.64. The average molecular weight is 1130 g/mol. The van der Waals surface area contributed by atoms with Crippen molar-refractivity contribution in [3.63, 3.8) is 0 Å². The van der Waals surface area contributed by atoms with E-state index in [2.05, 4.69) is 83.2 Å². The number of hydrogen-bond acceptors (Lipinski definition) is 2. The monoisotopic (exact) mass is 1130 g/mol. The fourth-order valence-corrected chi connectivity index (χ4v) is 9.07. The van der Waals surface area contributed by atoms with Crippen LogP contribution in [0.2, 0.25) is 0 Å². The Morgan fingerprint density at radius 2 is 1.28 bits per heavy atom. The molecule has 0 N–H and O–H groups in total. The van der Waals surface area contributed by atoms with Crippen molar-refractivity contribution in [2.45, 2.75) is 78.0 Å². The van der Waals surface area contributed by atoms with E-state index in [9.17, 15) is 9.60 Å². The molecule has 6 heteroatoms. The third kappa shape index (κ3) is 9.23. The maximum atomic E-state index is 9.55. The second-order valence-electron chi connectivity index (χ2n) is 20.3. The number of benzene rings is 8. The van der Waals surface area contributed by atoms with Gasteiger partial charge in [-0.15, -0.1) is 29.6 Å². The van der Waals surface area contributed by atoms with E-state index >= 15 is 0 Å². The van der Waals surface area contributed by atoms with E-state index < -0.39 is 66.2 Å². The van der Waals surface area contributed by atoms with Crippen molar-refractivity contribution in [1.82, 2.24) is 14.1 Å². The topological polar surface area (TPSA) is 35.9 Å². The number of nitrogens with zero attached hydrogens (tertiary/aromatic N) is 4. The molecule has 8 aromatic carbocycles. The zero-order chi connectivity index (χ0) is 60.4. The minimum absolute atomic E-state index is 0. The average Bonchev–Trinajstić information content (AvgIpc) is 1.82. The van der Waals surface area contributed by atoms with E-state index in [-0.39, 0.29) is 94.2 Å². The number of fused-ring (bicyclic) bond motifs is 4. The molecule has 11 rings (SSSR count). The summed E-state index contributed by atoms with van der Waals surface area (Å²) < 4.78 is 130. The van der Waals surface area contributed by atoms with Crippen molar-refractivity contribution < 1.29 is 48.2 Å². The van der Waals surface area contributed by atoms with Crippen molar-refractivity contribution in [2.24, 2.45) is 0 Å². The Balaban J connectivity index is 0.00000803. The molecule has 360 valence electrons. The maximum Gasteiger partial charge on any atom is 0.268 e. The van der Waals surface area contributed by atoms with E-state index in [0.717, 1.165) is 22.3 Å². The summed E-state index contributed by atoms with van der Waals surface area (Å²) in [6, 6.07) is 38.6. The molecule has 0 saturated carbocycles. The van der Waals surface area contributed by atoms with Gasteiger partial charge in [0.2, 0.25) is 0 Å². The molecule has 0 atom stereocenters. The first kappa shape index (κ1) is 34.9. The summed E-state index contributed by atoms with van der Waals surface area (Å²) in [6.45, 7) is 16.5. The summed E-state index contributed by atoms with van der Waals surface area (Å²) in [5.41, 5.74) is 5.70. The van der Waals surface area contributed by atoms with Crippen molar-refractivity contribution in [1.29, 1.82) is 0 Å². The Morgan fingerprint density at radius 3 is 2.03 bits per heavy atom. The minimum Gasteiger partial charge on any atom is -0.510 e. The van der Waals surface area contributed by atoms with Crippen molar-refractivity contribution in [3.8, 4) is 50.9 Å². The second-order valence-corrected chi connectivity index (χ2v) is 20.3. The third-order valence-corrected chi connectivity index (χ3v) is 12.8. The fourth-order valence-electron chi connectivity index (χ4n) is 9.07. The van der Waals surface area contributed by atoms with Gasteiger partial charge < -0.3 is 13.9 Å². The molecule has 0 spiro atoms. The first-order valence-corrected chi connectivity index (χ1v) is 23.6. The van der Waals surface area contributed by atoms with Crippen LogP contribution in [0.25, 0.3) is 72.3 Å². The van der Waals surface area contributed by atoms with E-state index in [0.29, 0.717) is 33.5 Å². The Labute approximate surface area is 457 Å². The van der Waals surface area contributed by atoms with Gasteiger partial charge in [-0.2, -0.15) is 18.2 Å². The molecule has 3 heterocycles. The zero-order valence-electron chi connectivity index (χ0n) is 54.1. The predicted molar refractivity (Wildman–Crippen MR) is 291 cm³/mol. The smallest absolute Gasteiger partial charge is 0.268 e. The van der Waals surface area contributed by atoms with Crippen molar-refractivity contribution in [3.05, 3.63) is 235 Å². The molecule has 72 heavy (non-hydrogen) atoms. The van der Waals surface area contributed by atoms with Crippen molar-refractivity contribution >= 4 is 32.8 Å². The Hall–Kier alpha value is -7.33. The molecule has 0 bridgehead atoms. The first-order valence-electron chi connectivity index (χ1n) is 30.1. The minimum atomic E-state index is -2.01. The van der Waals surface area contributed by atoms with Crippen LogP contribution in [0.4, 0.5) is 0 Å². The SMILES string of the molecule is [2H]c1c([2H])c([2H])c(-c2cccc(-c3cc(C(C)(C)C)cc(C(C)(C)C)c3)c2-[n+]2[c-]n(-c3[c-]c(Oc4[c-]c5c(c([2H])c4[2H])c4c([2H])c([2H])c([2H])c([2H])c4n5-c4cc(C([2H])([2H])C(C)(C)c5ccccc5)ccn4)ccc3)c3ccccc32)c([2H])c1[2H].[Pt]. The quantitative estimate of drug-likeness (QED) is 0.101. The molecule has 0 aliphatic heterocycles. The molecule has 0 fully saturated rings. The Bertz CT molecular complexity index is 4460. The number of imidazole rings is 1. The molecule has 3 aromatic heterocycles. The van der Waals surface area contributed by atoms with Crippen molar-refractivity contribution in [2.75, 3.05) is 0 Å². The van der Waals surface area contributed by atoms with E-state index in [1.165, 1.54) is 16.8 Å². The van der Waals surface area contributed by atoms with Gasteiger partial charge in [-0.25, -0.2) is 4.98 Å². The van der Waals surface area contributed by atoms with Gasteiger partial charge in [-0.05, 0) is 97.7 Å². The molecule has 5 nitrogen and oxygen atoms in total. The van der Waals surface area contributed by atoms with Gasteiger partial charge in [0.25, 0.3) is 6.33 Å². The van der Waals surface area contributed by atoms with Crippen LogP contribution in [0.5, 0.6) is 11.5 Å². The summed E-state index contributed by atoms with van der Waals surface area (Å²) in [5, 5.41) is -0.0465. The van der Waals surface area contributed by atoms with Gasteiger partial charge >= 0.3 is 0 Å². The van der Waals surface area contributed by atoms with Gasteiger partial charge in [0.1, 0.15) is 5.82 Å². The van der Waals surface area contributed by atoms with Gasteiger partial charge in [0.05, 0.1) is 29.1 Å². The third-order valence-electron chi connectivity index (χ3n) is 12.8. The first-order chi connectivity index (χ1) is 39.5. The molecule has 0 aliphatic rings. The number of ether oxygens (including phenoxy) is 1. The van der Waals surface area contributed by atoms with E-state index in [1.54, 1.807) is 48.7 Å². The predicted octanol–water partition coefficient (Wildman–Crippen LogP) is 16.0. The number of rotatable bonds is 10. The molecule has 0 radical (unpaired) electrons. The summed E-state index contributed by atoms with van der Waals surface area (Å²) in [5.74, 6) is -0.0713. The van der Waals surface area contributed by atoms with Crippen LogP contribution in [-0.2, 0) is 43.7 Å². The van der Waals surface area contributed by atoms with Crippen LogP contribution in [-0.4, -0.2) is 14.1 Å². The normalized spacial score (nSPS) is 14.9. The molecule has 0 saturated heterocycles. The van der Waals surface area contributed by atoms with Crippen LogP contribution in [0, 0.1) is 18.5 Å². The summed E-state index contributed by atoms with van der Waals surface area (Å²) in [6.07, 6.45) is 2.98. The molecule has 0 unspecified atom stereocenters. The molecule has 0 aliphatic carbocycles. The van der Waals surface area contributed by atoms with Crippen LogP contribution in [0.15, 0.2) is 194 Å². The van der Waals surface area contributed by atoms with Crippen LogP contribution in [0.3, 0.4) is 0 Å². The molecular formula is C66H58N4OPt-2. The zero-order valence-corrected chi connectivity index (χ0v) is 43.4. The van der Waals surface area contributed by atoms with E-state index in [4.69, 9.17) is 13.0 Å². The summed E-state index contributed by atoms with van der Waals surface area (Å²) >= 11 is 0. The molecule has 11 aromatic rings. The van der Waals surface area contributed by atoms with Crippen LogP contribution in [0.1, 0.15) is 95.5 Å². The number of hydrogen-bond donors (Lipinski definition) is 0. The molecular weight excluding hydrogens is 1060 g/mol. The largest absolute Gasteiger partial charge is 0.510 e. The number of pyridine rings is 1. The Morgan fingerprint density at radius 1 is 0.597 bits per heavy atom. The Kier molecular flexibility index (Phi) is 9.22. The van der Waals surface area contributed by atoms with Gasteiger partial charge in [-0.3, -0.25) is 4.57 Å². The number of aromatic nitrogens is 4. The van der Waals surface area contributed by atoms with Crippen LogP contribution < -0.4 is 9.30 Å². The van der Waals surface area contributed by atoms with Gasteiger partial charge in [-0.1, -0.05) is 200 Å². The number of para-hydroxylation sites is 4. The maximum absolute atomic E-state index is 9.55. The standard InChI is InChI=1S/C66H58N4O.Pt/c1-64(2,3)49-38-47(39-50(40-49)65(4,5)6)55-29-20-28-54(46-21-11-9-12-22-46)63(55)69-44-68(59-31-17-18-32-60(59)69)51-25-19-26-52(41-51)71-53-33-34-57-56-27-15-16-30-58(56)70(61(57)42-53)62-37-45(35-36-67-62)43-66(7,8)48-23-13-10-14-24-48;/h9-40H,43H2,1-8H3;/q-2;/i9D,11D,12D,15D,16D,21D,22D,27D,30D,33D,34D,43D2;. The fraction of sp³-hybridized carbons (Fsp3) is 0.182. The summed E-state index contributed by atoms with van der Waals surface area (Å²) in [7, 11) is 0. The van der Waals surface area contributed by atoms with Crippen LogP contribution >= 0.6 is 0 Å². The second kappa shape index (κ2) is 19.0. The molecule has 0 amide bonds. The van der Waals surface area contributed by atoms with E-state index in [1.807, 2.05) is 71.3 Å².